The molecule has 0 aromatic heterocycles. The predicted octanol–water partition coefficient (Wildman–Crippen LogP) is 4.60. The number of fused-ring (bicyclic) bond motifs is 1. The van der Waals surface area contributed by atoms with Gasteiger partial charge in [0.15, 0.2) is 0 Å². The van der Waals surface area contributed by atoms with Gasteiger partial charge in [0, 0.05) is 62.0 Å². The second-order valence-corrected chi connectivity index (χ2v) is 8.77. The molecule has 0 fully saturated rings. The second kappa shape index (κ2) is 7.72. The van der Waals surface area contributed by atoms with E-state index in [9.17, 15) is 0 Å². The summed E-state index contributed by atoms with van der Waals surface area (Å²) < 4.78 is 5.78. The smallest absolute Gasteiger partial charge is 0.122 e. The van der Waals surface area contributed by atoms with Crippen molar-refractivity contribution in [2.75, 3.05) is 26.7 Å². The lowest BCUT2D eigenvalue weighted by Crippen LogP contribution is -2.35. The third kappa shape index (κ3) is 3.55. The zero-order chi connectivity index (χ0) is 19.0. The average Bonchev–Trinajstić information content (AvgIpc) is 3.29. The Labute approximate surface area is 167 Å². The van der Waals surface area contributed by atoms with Gasteiger partial charge in [-0.1, -0.05) is 23.9 Å². The highest BCUT2D eigenvalue weighted by atomic mass is 32.2. The fourth-order valence-electron chi connectivity index (χ4n) is 4.22. The van der Waals surface area contributed by atoms with Gasteiger partial charge in [0.1, 0.15) is 11.1 Å². The van der Waals surface area contributed by atoms with Gasteiger partial charge in [-0.05, 0) is 43.5 Å². The molecule has 0 saturated carbocycles. The summed E-state index contributed by atoms with van der Waals surface area (Å²) in [7, 11) is 2.23. The Kier molecular flexibility index (Phi) is 5.33. The zero-order valence-corrected chi connectivity index (χ0v) is 17.6. The Morgan fingerprint density at radius 2 is 2.22 bits per heavy atom. The average molecular weight is 384 g/mol. The van der Waals surface area contributed by atoms with E-state index in [1.165, 1.54) is 27.3 Å². The SMILES string of the molecule is CC=N/C=C(\C)C1SC2=C(CCN([C@@H](C)c3ccc4c(c3)OCC4)C2)N1C. The van der Waals surface area contributed by atoms with Crippen LogP contribution in [0.25, 0.3) is 0 Å². The number of hydrogen-bond donors (Lipinski definition) is 0. The number of rotatable bonds is 4. The lowest BCUT2D eigenvalue weighted by atomic mass is 10.0. The van der Waals surface area contributed by atoms with Crippen molar-refractivity contribution < 1.29 is 4.74 Å². The molecule has 0 radical (unpaired) electrons. The van der Waals surface area contributed by atoms with Crippen LogP contribution in [0.4, 0.5) is 0 Å². The summed E-state index contributed by atoms with van der Waals surface area (Å²) in [6.07, 6.45) is 6.01. The van der Waals surface area contributed by atoms with Crippen molar-refractivity contribution in [1.82, 2.24) is 9.80 Å². The number of nitrogens with zero attached hydrogens (tertiary/aromatic N) is 3. The molecule has 1 aromatic rings. The maximum atomic E-state index is 5.78. The van der Waals surface area contributed by atoms with Gasteiger partial charge in [-0.15, -0.1) is 0 Å². The second-order valence-electron chi connectivity index (χ2n) is 7.59. The summed E-state index contributed by atoms with van der Waals surface area (Å²) >= 11 is 1.99. The van der Waals surface area contributed by atoms with E-state index < -0.39 is 0 Å². The minimum Gasteiger partial charge on any atom is -0.493 e. The zero-order valence-electron chi connectivity index (χ0n) is 16.7. The van der Waals surface area contributed by atoms with Crippen molar-refractivity contribution in [1.29, 1.82) is 0 Å². The Morgan fingerprint density at radius 1 is 1.37 bits per heavy atom. The quantitative estimate of drug-likeness (QED) is 0.711. The van der Waals surface area contributed by atoms with Crippen LogP contribution in [0.15, 0.2) is 45.6 Å². The van der Waals surface area contributed by atoms with Crippen LogP contribution in [-0.4, -0.2) is 48.1 Å². The van der Waals surface area contributed by atoms with Crippen LogP contribution in [0.3, 0.4) is 0 Å². The van der Waals surface area contributed by atoms with Gasteiger partial charge in [-0.3, -0.25) is 9.89 Å². The van der Waals surface area contributed by atoms with Crippen molar-refractivity contribution in [3.63, 3.8) is 0 Å². The van der Waals surface area contributed by atoms with Crippen LogP contribution < -0.4 is 4.74 Å². The lowest BCUT2D eigenvalue weighted by Gasteiger charge is -2.34. The minimum absolute atomic E-state index is 0.377. The fraction of sp³-hybridized carbons (Fsp3) is 0.500. The predicted molar refractivity (Wildman–Crippen MR) is 114 cm³/mol. The fourth-order valence-corrected chi connectivity index (χ4v) is 5.64. The molecule has 1 unspecified atom stereocenters. The molecule has 0 amide bonds. The van der Waals surface area contributed by atoms with Gasteiger partial charge < -0.3 is 9.64 Å². The molecule has 144 valence electrons. The van der Waals surface area contributed by atoms with Crippen LogP contribution in [0, 0.1) is 0 Å². The van der Waals surface area contributed by atoms with E-state index in [1.807, 2.05) is 31.1 Å². The van der Waals surface area contributed by atoms with Crippen LogP contribution >= 0.6 is 11.8 Å². The van der Waals surface area contributed by atoms with E-state index in [2.05, 4.69) is 53.9 Å². The molecule has 3 heterocycles. The van der Waals surface area contributed by atoms with Gasteiger partial charge in [0.2, 0.25) is 0 Å². The number of ether oxygens (including phenoxy) is 1. The minimum atomic E-state index is 0.377. The molecule has 0 bridgehead atoms. The number of likely N-dealkylation sites (N-methyl/N-ethyl adjacent to an activating group) is 1. The Bertz CT molecular complexity index is 814. The van der Waals surface area contributed by atoms with Crippen molar-refractivity contribution >= 4 is 18.0 Å². The largest absolute Gasteiger partial charge is 0.493 e. The van der Waals surface area contributed by atoms with Crippen LogP contribution in [-0.2, 0) is 6.42 Å². The topological polar surface area (TPSA) is 28.1 Å². The van der Waals surface area contributed by atoms with E-state index >= 15 is 0 Å². The molecule has 0 spiro atoms. The Morgan fingerprint density at radius 3 is 3.04 bits per heavy atom. The normalized spacial score (nSPS) is 24.4. The van der Waals surface area contributed by atoms with Crippen LogP contribution in [0.5, 0.6) is 5.75 Å². The molecule has 0 saturated heterocycles. The van der Waals surface area contributed by atoms with E-state index in [0.29, 0.717) is 11.4 Å². The summed E-state index contributed by atoms with van der Waals surface area (Å²) in [5.41, 5.74) is 5.53. The molecule has 0 aliphatic carbocycles. The third-order valence-corrected chi connectivity index (χ3v) is 7.46. The van der Waals surface area contributed by atoms with Gasteiger partial charge >= 0.3 is 0 Å². The maximum absolute atomic E-state index is 5.78. The van der Waals surface area contributed by atoms with Crippen molar-refractivity contribution in [3.05, 3.63) is 51.7 Å². The van der Waals surface area contributed by atoms with Gasteiger partial charge in [0.05, 0.1) is 6.61 Å². The summed E-state index contributed by atoms with van der Waals surface area (Å²) in [5.74, 6) is 1.09. The summed E-state index contributed by atoms with van der Waals surface area (Å²) in [6, 6.07) is 7.19. The molecule has 0 N–H and O–H groups in total. The van der Waals surface area contributed by atoms with E-state index in [0.717, 1.165) is 38.3 Å². The van der Waals surface area contributed by atoms with Crippen LogP contribution in [0.2, 0.25) is 0 Å². The molecule has 4 rings (SSSR count). The third-order valence-electron chi connectivity index (χ3n) is 5.90. The first-order valence-corrected chi connectivity index (χ1v) is 10.7. The lowest BCUT2D eigenvalue weighted by molar-refractivity contribution is 0.213. The molecule has 1 aromatic carbocycles. The van der Waals surface area contributed by atoms with Crippen molar-refractivity contribution in [2.24, 2.45) is 4.99 Å². The first-order valence-electron chi connectivity index (χ1n) is 9.84. The monoisotopic (exact) mass is 383 g/mol. The molecule has 4 nitrogen and oxygen atoms in total. The van der Waals surface area contributed by atoms with E-state index in [4.69, 9.17) is 4.74 Å². The van der Waals surface area contributed by atoms with Crippen molar-refractivity contribution in [2.45, 2.75) is 45.0 Å². The molecule has 3 aliphatic rings. The summed E-state index contributed by atoms with van der Waals surface area (Å²) in [6.45, 7) is 9.43. The summed E-state index contributed by atoms with van der Waals surface area (Å²) in [5, 5.41) is 0.377. The number of benzene rings is 1. The summed E-state index contributed by atoms with van der Waals surface area (Å²) in [4.78, 5) is 10.9. The van der Waals surface area contributed by atoms with E-state index in [1.54, 1.807) is 0 Å². The first-order chi connectivity index (χ1) is 13.1. The van der Waals surface area contributed by atoms with Crippen molar-refractivity contribution in [3.8, 4) is 5.75 Å². The highest BCUT2D eigenvalue weighted by Gasteiger charge is 2.35. The molecule has 5 heteroatoms. The molecule has 27 heavy (non-hydrogen) atoms. The highest BCUT2D eigenvalue weighted by Crippen LogP contribution is 2.45. The Balaban J connectivity index is 1.47. The van der Waals surface area contributed by atoms with Gasteiger partial charge in [-0.2, -0.15) is 0 Å². The molecular formula is C22H29N3OS. The number of aliphatic imine (C=N–C) groups is 1. The number of thioether (sulfide) groups is 1. The molecule has 3 aliphatic heterocycles. The molecular weight excluding hydrogens is 354 g/mol. The van der Waals surface area contributed by atoms with Gasteiger partial charge in [-0.25, -0.2) is 0 Å². The maximum Gasteiger partial charge on any atom is 0.122 e. The van der Waals surface area contributed by atoms with Crippen LogP contribution in [0.1, 0.15) is 44.4 Å². The number of hydrogen-bond acceptors (Lipinski definition) is 5. The standard InChI is InChI=1S/C22H29N3OS/c1-5-23-13-15(2)22-24(4)19-8-10-25(14-21(19)27-22)16(3)18-7-6-17-9-11-26-20(17)12-18/h5-7,12-13,16,22H,8-11,14H2,1-4H3/b15-13+,23-5?/t16-,22?/m0/s1. The van der Waals surface area contributed by atoms with E-state index in [-0.39, 0.29) is 0 Å². The molecule has 2 atom stereocenters. The van der Waals surface area contributed by atoms with Gasteiger partial charge in [0.25, 0.3) is 0 Å². The Hall–Kier alpha value is -1.72. The highest BCUT2D eigenvalue weighted by molar-refractivity contribution is 8.04. The first kappa shape index (κ1) is 18.6.